The summed E-state index contributed by atoms with van der Waals surface area (Å²) in [4.78, 5) is 11.8. The molecule has 0 heterocycles. The molecule has 0 spiro atoms. The topological polar surface area (TPSA) is 38.3 Å². The average molecular weight is 380 g/mol. The standard InChI is InChI=1S/C25H33NO2/c1-4-6-7-8-21-9-13-23(14-10-21)24-15-11-22(12-16-24)17-18-28-25(27)20(3)19-26-5-2/h9-16,26H,3-8,17-19H2,1-2H3. The molecule has 3 heteroatoms. The number of hydrogen-bond donors (Lipinski definition) is 1. The molecule has 0 fully saturated rings. The maximum atomic E-state index is 11.8. The number of ether oxygens (including phenoxy) is 1. The van der Waals surface area contributed by atoms with E-state index in [1.54, 1.807) is 0 Å². The molecule has 0 unspecified atom stereocenters. The van der Waals surface area contributed by atoms with Gasteiger partial charge in [-0.2, -0.15) is 0 Å². The Morgan fingerprint density at radius 3 is 2.00 bits per heavy atom. The van der Waals surface area contributed by atoms with Crippen LogP contribution >= 0.6 is 0 Å². The van der Waals surface area contributed by atoms with Crippen molar-refractivity contribution in [1.29, 1.82) is 0 Å². The van der Waals surface area contributed by atoms with Gasteiger partial charge in [-0.15, -0.1) is 0 Å². The molecule has 0 saturated heterocycles. The number of unbranched alkanes of at least 4 members (excludes halogenated alkanes) is 2. The number of nitrogens with one attached hydrogen (secondary N) is 1. The van der Waals surface area contributed by atoms with Gasteiger partial charge in [0.15, 0.2) is 0 Å². The molecule has 0 aliphatic carbocycles. The second-order valence-electron chi connectivity index (χ2n) is 7.12. The summed E-state index contributed by atoms with van der Waals surface area (Å²) in [7, 11) is 0. The maximum Gasteiger partial charge on any atom is 0.334 e. The first-order valence-electron chi connectivity index (χ1n) is 10.4. The fourth-order valence-corrected chi connectivity index (χ4v) is 3.02. The second kappa shape index (κ2) is 12.1. The Morgan fingerprint density at radius 1 is 0.893 bits per heavy atom. The lowest BCUT2D eigenvalue weighted by atomic mass is 10.00. The highest BCUT2D eigenvalue weighted by atomic mass is 16.5. The van der Waals surface area contributed by atoms with Crippen molar-refractivity contribution in [3.8, 4) is 11.1 Å². The van der Waals surface area contributed by atoms with E-state index in [4.69, 9.17) is 4.74 Å². The monoisotopic (exact) mass is 379 g/mol. The Labute approximate surface area is 169 Å². The zero-order valence-electron chi connectivity index (χ0n) is 17.3. The molecule has 0 aromatic heterocycles. The largest absolute Gasteiger partial charge is 0.462 e. The Bertz CT molecular complexity index is 732. The van der Waals surface area contributed by atoms with Crippen molar-refractivity contribution in [2.24, 2.45) is 0 Å². The average Bonchev–Trinajstić information content (AvgIpc) is 2.73. The van der Waals surface area contributed by atoms with E-state index >= 15 is 0 Å². The van der Waals surface area contributed by atoms with Gasteiger partial charge in [-0.1, -0.05) is 81.8 Å². The first-order valence-corrected chi connectivity index (χ1v) is 10.4. The summed E-state index contributed by atoms with van der Waals surface area (Å²) in [6, 6.07) is 17.3. The Kier molecular flexibility index (Phi) is 9.50. The molecular formula is C25H33NO2. The first kappa shape index (κ1) is 21.9. The zero-order chi connectivity index (χ0) is 20.2. The fourth-order valence-electron chi connectivity index (χ4n) is 3.02. The minimum Gasteiger partial charge on any atom is -0.462 e. The van der Waals surface area contributed by atoms with E-state index in [1.165, 1.54) is 36.0 Å². The number of carbonyl (C=O) groups excluding carboxylic acids is 1. The predicted molar refractivity (Wildman–Crippen MR) is 117 cm³/mol. The number of benzene rings is 2. The molecule has 0 atom stereocenters. The van der Waals surface area contributed by atoms with Crippen LogP contribution in [0.25, 0.3) is 11.1 Å². The van der Waals surface area contributed by atoms with Gasteiger partial charge >= 0.3 is 5.97 Å². The number of hydrogen-bond acceptors (Lipinski definition) is 3. The van der Waals surface area contributed by atoms with E-state index in [2.05, 4.69) is 67.4 Å². The van der Waals surface area contributed by atoms with Crippen LogP contribution in [0.4, 0.5) is 0 Å². The third-order valence-electron chi connectivity index (χ3n) is 4.81. The van der Waals surface area contributed by atoms with Gasteiger partial charge in [-0.25, -0.2) is 4.79 Å². The molecular weight excluding hydrogens is 346 g/mol. The molecule has 0 radical (unpaired) electrons. The van der Waals surface area contributed by atoms with Gasteiger partial charge in [-0.05, 0) is 41.6 Å². The van der Waals surface area contributed by atoms with Crippen molar-refractivity contribution in [2.45, 2.75) is 46.0 Å². The molecule has 0 bridgehead atoms. The van der Waals surface area contributed by atoms with E-state index in [0.29, 0.717) is 25.1 Å². The molecule has 1 N–H and O–H groups in total. The molecule has 150 valence electrons. The van der Waals surface area contributed by atoms with Gasteiger partial charge in [0.2, 0.25) is 0 Å². The lowest BCUT2D eigenvalue weighted by Crippen LogP contribution is -2.21. The van der Waals surface area contributed by atoms with Crippen molar-refractivity contribution in [1.82, 2.24) is 5.32 Å². The molecule has 0 aliphatic heterocycles. The highest BCUT2D eigenvalue weighted by Crippen LogP contribution is 2.21. The van der Waals surface area contributed by atoms with Crippen LogP contribution in [0.1, 0.15) is 44.2 Å². The van der Waals surface area contributed by atoms with E-state index in [9.17, 15) is 4.79 Å². The number of esters is 1. The third-order valence-corrected chi connectivity index (χ3v) is 4.81. The Hall–Kier alpha value is -2.39. The smallest absolute Gasteiger partial charge is 0.334 e. The quantitative estimate of drug-likeness (QED) is 0.307. The fraction of sp³-hybridized carbons (Fsp3) is 0.400. The van der Waals surface area contributed by atoms with Crippen LogP contribution in [0.5, 0.6) is 0 Å². The van der Waals surface area contributed by atoms with Crippen LogP contribution in [-0.4, -0.2) is 25.7 Å². The molecule has 3 nitrogen and oxygen atoms in total. The van der Waals surface area contributed by atoms with Crippen LogP contribution < -0.4 is 5.32 Å². The second-order valence-corrected chi connectivity index (χ2v) is 7.12. The highest BCUT2D eigenvalue weighted by Gasteiger charge is 2.07. The van der Waals surface area contributed by atoms with Crippen molar-refractivity contribution >= 4 is 5.97 Å². The normalized spacial score (nSPS) is 10.6. The number of carbonyl (C=O) groups is 1. The number of aryl methyl sites for hydroxylation is 1. The van der Waals surface area contributed by atoms with Gasteiger partial charge in [-0.3, -0.25) is 0 Å². The summed E-state index contributed by atoms with van der Waals surface area (Å²) >= 11 is 0. The summed E-state index contributed by atoms with van der Waals surface area (Å²) in [5.74, 6) is -0.323. The summed E-state index contributed by atoms with van der Waals surface area (Å²) in [5, 5.41) is 3.07. The van der Waals surface area contributed by atoms with Crippen molar-refractivity contribution in [2.75, 3.05) is 19.7 Å². The lowest BCUT2D eigenvalue weighted by molar-refractivity contribution is -0.138. The van der Waals surface area contributed by atoms with Gasteiger partial charge in [0, 0.05) is 18.5 Å². The molecule has 2 aromatic carbocycles. The molecule has 28 heavy (non-hydrogen) atoms. The number of likely N-dealkylation sites (N-methyl/N-ethyl adjacent to an activating group) is 1. The Morgan fingerprint density at radius 2 is 1.46 bits per heavy atom. The zero-order valence-corrected chi connectivity index (χ0v) is 17.3. The van der Waals surface area contributed by atoms with Crippen molar-refractivity contribution in [3.63, 3.8) is 0 Å². The minimum atomic E-state index is -0.323. The van der Waals surface area contributed by atoms with Crippen LogP contribution in [0, 0.1) is 0 Å². The van der Waals surface area contributed by atoms with Crippen LogP contribution in [0.15, 0.2) is 60.7 Å². The van der Waals surface area contributed by atoms with Gasteiger partial charge in [0.1, 0.15) is 0 Å². The minimum absolute atomic E-state index is 0.323. The maximum absolute atomic E-state index is 11.8. The summed E-state index contributed by atoms with van der Waals surface area (Å²) in [6.07, 6.45) is 5.68. The Balaban J connectivity index is 1.81. The SMILES string of the molecule is C=C(CNCC)C(=O)OCCc1ccc(-c2ccc(CCCCC)cc2)cc1. The summed E-state index contributed by atoms with van der Waals surface area (Å²) in [6.45, 7) is 9.63. The lowest BCUT2D eigenvalue weighted by Gasteiger charge is -2.08. The third kappa shape index (κ3) is 7.32. The molecule has 2 aromatic rings. The van der Waals surface area contributed by atoms with E-state index in [-0.39, 0.29) is 5.97 Å². The summed E-state index contributed by atoms with van der Waals surface area (Å²) in [5.41, 5.74) is 5.48. The highest BCUT2D eigenvalue weighted by molar-refractivity contribution is 5.88. The predicted octanol–water partition coefficient (Wildman–Crippen LogP) is 5.34. The van der Waals surface area contributed by atoms with Crippen LogP contribution in [0.2, 0.25) is 0 Å². The van der Waals surface area contributed by atoms with Crippen molar-refractivity contribution < 1.29 is 9.53 Å². The van der Waals surface area contributed by atoms with Crippen LogP contribution in [-0.2, 0) is 22.4 Å². The molecule has 2 rings (SSSR count). The first-order chi connectivity index (χ1) is 13.6. The summed E-state index contributed by atoms with van der Waals surface area (Å²) < 4.78 is 5.29. The van der Waals surface area contributed by atoms with Crippen molar-refractivity contribution in [3.05, 3.63) is 71.8 Å². The molecule has 0 aliphatic rings. The molecule has 0 amide bonds. The van der Waals surface area contributed by atoms with E-state index in [1.807, 2.05) is 6.92 Å². The van der Waals surface area contributed by atoms with E-state index < -0.39 is 0 Å². The van der Waals surface area contributed by atoms with E-state index in [0.717, 1.165) is 18.5 Å². The number of rotatable bonds is 12. The van der Waals surface area contributed by atoms with Gasteiger partial charge in [0.25, 0.3) is 0 Å². The van der Waals surface area contributed by atoms with Gasteiger partial charge in [0.05, 0.1) is 6.61 Å². The molecule has 0 saturated carbocycles. The van der Waals surface area contributed by atoms with Crippen LogP contribution in [0.3, 0.4) is 0 Å². The van der Waals surface area contributed by atoms with Gasteiger partial charge < -0.3 is 10.1 Å².